The molecule has 0 spiro atoms. The summed E-state index contributed by atoms with van der Waals surface area (Å²) in [5, 5.41) is 1.18. The second-order valence-corrected chi connectivity index (χ2v) is 9.85. The lowest BCUT2D eigenvalue weighted by atomic mass is 9.91. The van der Waals surface area contributed by atoms with Gasteiger partial charge in [0.15, 0.2) is 0 Å². The minimum atomic E-state index is -0.0239. The number of halogens is 3. The van der Waals surface area contributed by atoms with Crippen molar-refractivity contribution < 1.29 is 9.59 Å². The van der Waals surface area contributed by atoms with Gasteiger partial charge in [-0.1, -0.05) is 41.2 Å². The topological polar surface area (TPSA) is 47.1 Å². The van der Waals surface area contributed by atoms with Crippen LogP contribution in [0.5, 0.6) is 0 Å². The van der Waals surface area contributed by atoms with Crippen LogP contribution in [0.4, 0.5) is 0 Å². The standard InChI is InChI=1S/C22H29Cl3N4O2/c23-18-4-5-19(24)22(25)17(18)14-20(30)28-8-6-26(7-9-28)15-21(31)29-12-10-27(11-13-29)16-2-1-3-16/h4-5,16H,1-3,6-15H2. The van der Waals surface area contributed by atoms with Crippen molar-refractivity contribution in [3.05, 3.63) is 32.8 Å². The third kappa shape index (κ3) is 5.48. The van der Waals surface area contributed by atoms with E-state index in [1.54, 1.807) is 12.1 Å². The second-order valence-electron chi connectivity index (χ2n) is 8.66. The van der Waals surface area contributed by atoms with E-state index in [0.29, 0.717) is 53.4 Å². The van der Waals surface area contributed by atoms with Crippen LogP contribution in [0.25, 0.3) is 0 Å². The van der Waals surface area contributed by atoms with Gasteiger partial charge in [-0.3, -0.25) is 19.4 Å². The molecule has 0 aromatic heterocycles. The molecule has 3 aliphatic rings. The fourth-order valence-corrected chi connectivity index (χ4v) is 5.21. The Hall–Kier alpha value is -1.05. The number of piperazine rings is 2. The summed E-state index contributed by atoms with van der Waals surface area (Å²) in [6.07, 6.45) is 4.10. The molecule has 1 aromatic rings. The summed E-state index contributed by atoms with van der Waals surface area (Å²) >= 11 is 18.5. The number of carbonyl (C=O) groups is 2. The first-order valence-electron chi connectivity index (χ1n) is 11.1. The lowest BCUT2D eigenvalue weighted by Crippen LogP contribution is -2.56. The Labute approximate surface area is 199 Å². The summed E-state index contributed by atoms with van der Waals surface area (Å²) in [6.45, 7) is 6.64. The number of benzene rings is 1. The highest BCUT2D eigenvalue weighted by Crippen LogP contribution is 2.32. The third-order valence-electron chi connectivity index (χ3n) is 6.81. The van der Waals surface area contributed by atoms with Crippen LogP contribution in [0.1, 0.15) is 24.8 Å². The molecule has 2 heterocycles. The number of amides is 2. The van der Waals surface area contributed by atoms with Crippen molar-refractivity contribution in [2.24, 2.45) is 0 Å². The highest BCUT2D eigenvalue weighted by atomic mass is 35.5. The van der Waals surface area contributed by atoms with Gasteiger partial charge in [0.25, 0.3) is 0 Å². The molecule has 0 atom stereocenters. The maximum Gasteiger partial charge on any atom is 0.236 e. The van der Waals surface area contributed by atoms with Gasteiger partial charge < -0.3 is 9.80 Å². The first-order chi connectivity index (χ1) is 14.9. The molecule has 2 amide bonds. The largest absolute Gasteiger partial charge is 0.340 e. The Kier molecular flexibility index (Phi) is 7.65. The van der Waals surface area contributed by atoms with Crippen LogP contribution in [-0.4, -0.2) is 96.4 Å². The molecule has 9 heteroatoms. The Morgan fingerprint density at radius 2 is 1.39 bits per heavy atom. The summed E-state index contributed by atoms with van der Waals surface area (Å²) < 4.78 is 0. The van der Waals surface area contributed by atoms with Gasteiger partial charge in [0.2, 0.25) is 11.8 Å². The lowest BCUT2D eigenvalue weighted by Gasteiger charge is -2.43. The predicted octanol–water partition coefficient (Wildman–Crippen LogP) is 3.03. The summed E-state index contributed by atoms with van der Waals surface area (Å²) in [5.41, 5.74) is 0.569. The molecule has 0 bridgehead atoms. The van der Waals surface area contributed by atoms with Crippen molar-refractivity contribution >= 4 is 46.6 Å². The molecule has 0 unspecified atom stereocenters. The average Bonchev–Trinajstić information content (AvgIpc) is 2.73. The van der Waals surface area contributed by atoms with Crippen LogP contribution >= 0.6 is 34.8 Å². The SMILES string of the molecule is O=C(Cc1c(Cl)ccc(Cl)c1Cl)N1CCN(CC(=O)N2CCN(C3CCC3)CC2)CC1. The molecule has 0 radical (unpaired) electrons. The van der Waals surface area contributed by atoms with Gasteiger partial charge in [-0.15, -0.1) is 0 Å². The van der Waals surface area contributed by atoms with Gasteiger partial charge >= 0.3 is 0 Å². The second kappa shape index (κ2) is 10.3. The first-order valence-corrected chi connectivity index (χ1v) is 12.2. The van der Waals surface area contributed by atoms with E-state index < -0.39 is 0 Å². The monoisotopic (exact) mass is 486 g/mol. The zero-order chi connectivity index (χ0) is 22.0. The summed E-state index contributed by atoms with van der Waals surface area (Å²) in [4.78, 5) is 34.0. The molecule has 4 rings (SSSR count). The quantitative estimate of drug-likeness (QED) is 0.599. The van der Waals surface area contributed by atoms with Crippen LogP contribution in [0.3, 0.4) is 0 Å². The van der Waals surface area contributed by atoms with Crippen LogP contribution in [0.15, 0.2) is 12.1 Å². The van der Waals surface area contributed by atoms with E-state index in [-0.39, 0.29) is 18.2 Å². The van der Waals surface area contributed by atoms with Gasteiger partial charge in [0, 0.05) is 69.0 Å². The van der Waals surface area contributed by atoms with Crippen molar-refractivity contribution in [1.82, 2.24) is 19.6 Å². The van der Waals surface area contributed by atoms with Gasteiger partial charge in [-0.05, 0) is 25.0 Å². The zero-order valence-corrected chi connectivity index (χ0v) is 19.9. The van der Waals surface area contributed by atoms with E-state index in [1.165, 1.54) is 19.3 Å². The lowest BCUT2D eigenvalue weighted by molar-refractivity contribution is -0.136. The number of rotatable bonds is 5. The average molecular weight is 488 g/mol. The Morgan fingerprint density at radius 3 is 2.00 bits per heavy atom. The molecular formula is C22H29Cl3N4O2. The van der Waals surface area contributed by atoms with Crippen molar-refractivity contribution in [3.63, 3.8) is 0 Å². The van der Waals surface area contributed by atoms with E-state index in [9.17, 15) is 9.59 Å². The van der Waals surface area contributed by atoms with Crippen LogP contribution in [0, 0.1) is 0 Å². The van der Waals surface area contributed by atoms with E-state index in [1.807, 2.05) is 9.80 Å². The molecule has 3 fully saturated rings. The highest BCUT2D eigenvalue weighted by Gasteiger charge is 2.30. The Balaban J connectivity index is 1.21. The summed E-state index contributed by atoms with van der Waals surface area (Å²) in [7, 11) is 0. The third-order valence-corrected chi connectivity index (χ3v) is 8.01. The molecular weight excluding hydrogens is 459 g/mol. The minimum absolute atomic E-state index is 0.0239. The van der Waals surface area contributed by atoms with Gasteiger partial charge in [0.05, 0.1) is 23.0 Å². The Morgan fingerprint density at radius 1 is 0.806 bits per heavy atom. The molecule has 2 aliphatic heterocycles. The Bertz CT molecular complexity index is 817. The maximum atomic E-state index is 12.7. The molecule has 31 heavy (non-hydrogen) atoms. The molecule has 6 nitrogen and oxygen atoms in total. The number of carbonyl (C=O) groups excluding carboxylic acids is 2. The fraction of sp³-hybridized carbons (Fsp3) is 0.636. The summed E-state index contributed by atoms with van der Waals surface area (Å²) in [5.74, 6) is 0.176. The van der Waals surface area contributed by atoms with Crippen molar-refractivity contribution in [2.45, 2.75) is 31.7 Å². The molecule has 170 valence electrons. The van der Waals surface area contributed by atoms with Crippen LogP contribution in [0.2, 0.25) is 15.1 Å². The van der Waals surface area contributed by atoms with Crippen molar-refractivity contribution in [1.29, 1.82) is 0 Å². The van der Waals surface area contributed by atoms with Gasteiger partial charge in [-0.25, -0.2) is 0 Å². The number of nitrogens with zero attached hydrogens (tertiary/aromatic N) is 4. The van der Waals surface area contributed by atoms with Gasteiger partial charge in [0.1, 0.15) is 0 Å². The van der Waals surface area contributed by atoms with Crippen molar-refractivity contribution in [2.75, 3.05) is 58.9 Å². The van der Waals surface area contributed by atoms with Crippen LogP contribution < -0.4 is 0 Å². The minimum Gasteiger partial charge on any atom is -0.340 e. The van der Waals surface area contributed by atoms with E-state index in [0.717, 1.165) is 32.2 Å². The molecule has 2 saturated heterocycles. The normalized spacial score (nSPS) is 21.3. The van der Waals surface area contributed by atoms with E-state index in [4.69, 9.17) is 34.8 Å². The smallest absolute Gasteiger partial charge is 0.236 e. The zero-order valence-electron chi connectivity index (χ0n) is 17.7. The fourth-order valence-electron chi connectivity index (χ4n) is 4.53. The van der Waals surface area contributed by atoms with E-state index >= 15 is 0 Å². The molecule has 1 aromatic carbocycles. The number of hydrogen-bond acceptors (Lipinski definition) is 4. The van der Waals surface area contributed by atoms with E-state index in [2.05, 4.69) is 9.80 Å². The maximum absolute atomic E-state index is 12.7. The molecule has 1 saturated carbocycles. The van der Waals surface area contributed by atoms with Crippen molar-refractivity contribution in [3.8, 4) is 0 Å². The molecule has 0 N–H and O–H groups in total. The number of hydrogen-bond donors (Lipinski definition) is 0. The summed E-state index contributed by atoms with van der Waals surface area (Å²) in [6, 6.07) is 4.04. The first kappa shape index (κ1) is 23.1. The van der Waals surface area contributed by atoms with Gasteiger partial charge in [-0.2, -0.15) is 0 Å². The predicted molar refractivity (Wildman–Crippen MR) is 124 cm³/mol. The molecule has 1 aliphatic carbocycles. The van der Waals surface area contributed by atoms with Crippen LogP contribution in [-0.2, 0) is 16.0 Å². The highest BCUT2D eigenvalue weighted by molar-refractivity contribution is 6.44.